The Morgan fingerprint density at radius 2 is 1.17 bits per heavy atom. The third-order valence-electron chi connectivity index (χ3n) is 10.9. The minimum Gasteiger partial charge on any atom is -0.467 e. The Morgan fingerprint density at radius 1 is 0.739 bits per heavy atom. The largest absolute Gasteiger partial charge is 0.467 e. The van der Waals surface area contributed by atoms with E-state index in [2.05, 4.69) is 0 Å². The van der Waals surface area contributed by atoms with Crippen LogP contribution >= 0.6 is 11.6 Å². The van der Waals surface area contributed by atoms with Gasteiger partial charge in [-0.1, -0.05) is 38.1 Å². The number of likely N-dealkylation sites (tertiary alicyclic amines) is 2. The first kappa shape index (κ1) is 58.0. The second-order valence-electron chi connectivity index (χ2n) is 19.6. The van der Waals surface area contributed by atoms with Crippen molar-refractivity contribution in [3.8, 4) is 0 Å². The van der Waals surface area contributed by atoms with Gasteiger partial charge in [0.15, 0.2) is 5.54 Å². The van der Waals surface area contributed by atoms with Crippen molar-refractivity contribution in [2.24, 2.45) is 5.73 Å². The lowest BCUT2D eigenvalue weighted by Gasteiger charge is -2.48. The van der Waals surface area contributed by atoms with Crippen molar-refractivity contribution < 1.29 is 69.3 Å². The van der Waals surface area contributed by atoms with E-state index in [1.54, 1.807) is 41.5 Å². The third kappa shape index (κ3) is 15.3. The summed E-state index contributed by atoms with van der Waals surface area (Å²) in [7, 11) is 1.15. The molecule has 5 amide bonds. The molecule has 3 saturated heterocycles. The molecule has 2 atom stereocenters. The summed E-state index contributed by atoms with van der Waals surface area (Å²) in [5.41, 5.74) is -0.0175. The summed E-state index contributed by atoms with van der Waals surface area (Å²) < 4.78 is 93.1. The maximum atomic E-state index is 13.6. The molecule has 1 spiro atoms. The number of nitrogens with zero attached hydrogens (tertiary/aromatic N) is 5. The molecule has 2 N–H and O–H groups in total. The number of ether oxygens (including phenoxy) is 3. The van der Waals surface area contributed by atoms with E-state index in [-0.39, 0.29) is 76.5 Å². The van der Waals surface area contributed by atoms with Crippen LogP contribution in [0.15, 0.2) is 48.5 Å². The van der Waals surface area contributed by atoms with Crippen LogP contribution in [0.1, 0.15) is 104 Å². The fourth-order valence-electron chi connectivity index (χ4n) is 7.73. The highest BCUT2D eigenvalue weighted by atomic mass is 35.5. The number of piperazine rings is 1. The van der Waals surface area contributed by atoms with Gasteiger partial charge in [0.25, 0.3) is 5.91 Å². The number of hydrogen-bond acceptors (Lipinski definition) is 10. The lowest BCUT2D eigenvalue weighted by atomic mass is 9.89. The smallest absolute Gasteiger partial charge is 0.416 e. The first-order valence-corrected chi connectivity index (χ1v) is 22.7. The number of alkyl halides is 7. The van der Waals surface area contributed by atoms with Crippen molar-refractivity contribution in [2.45, 2.75) is 142 Å². The van der Waals surface area contributed by atoms with Crippen LogP contribution in [0, 0.1) is 0 Å². The molecular formula is C47H65ClF6N6O9. The molecule has 69 heavy (non-hydrogen) atoms. The molecule has 15 nitrogen and oxygen atoms in total. The van der Waals surface area contributed by atoms with Gasteiger partial charge >= 0.3 is 30.5 Å². The normalized spacial score (nSPS) is 19.8. The Bertz CT molecular complexity index is 2130. The van der Waals surface area contributed by atoms with Gasteiger partial charge in [-0.2, -0.15) is 26.3 Å². The molecule has 3 aliphatic heterocycles. The SMILES string of the molecule is CC(C)N.CC(C)N1CC(=O)N(Cc2ccc(C(F)(F)F)cc2)C2(CCN(C(=O)OC(C)(C)C)C2)C1=O.COC(=O)C1(N(Cc2ccc(C(F)(F)F)cc2)C(=O)CCl)CCN(C(=O)OC(C)(C)C)C1. The lowest BCUT2D eigenvalue weighted by molar-refractivity contribution is -0.166. The molecule has 3 fully saturated rings. The zero-order valence-corrected chi connectivity index (χ0v) is 41.7. The number of benzene rings is 2. The number of halogens is 7. The van der Waals surface area contributed by atoms with Gasteiger partial charge in [0.05, 0.1) is 31.3 Å². The van der Waals surface area contributed by atoms with Crippen LogP contribution in [0.3, 0.4) is 0 Å². The number of carbonyl (C=O) groups is 6. The molecule has 2 aromatic rings. The van der Waals surface area contributed by atoms with Crippen molar-refractivity contribution in [1.29, 1.82) is 0 Å². The van der Waals surface area contributed by atoms with E-state index in [9.17, 15) is 55.1 Å². The summed E-state index contributed by atoms with van der Waals surface area (Å²) in [6.45, 7) is 17.6. The minimum atomic E-state index is -4.50. The zero-order valence-electron chi connectivity index (χ0n) is 41.0. The lowest BCUT2D eigenvalue weighted by Crippen LogP contribution is -2.69. The Morgan fingerprint density at radius 3 is 1.58 bits per heavy atom. The molecule has 2 aromatic carbocycles. The minimum absolute atomic E-state index is 0.0309. The van der Waals surface area contributed by atoms with Gasteiger partial charge in [0.1, 0.15) is 29.2 Å². The average Bonchev–Trinajstić information content (AvgIpc) is 3.89. The van der Waals surface area contributed by atoms with Gasteiger partial charge in [-0.05, 0) is 103 Å². The molecule has 0 aromatic heterocycles. The summed E-state index contributed by atoms with van der Waals surface area (Å²) in [6.07, 6.45) is -9.92. The van der Waals surface area contributed by atoms with Crippen molar-refractivity contribution in [1.82, 2.24) is 24.5 Å². The molecule has 2 unspecified atom stereocenters. The highest BCUT2D eigenvalue weighted by Gasteiger charge is 2.58. The second-order valence-corrected chi connectivity index (χ2v) is 19.9. The van der Waals surface area contributed by atoms with E-state index in [4.69, 9.17) is 31.5 Å². The number of methoxy groups -OCH3 is 1. The molecule has 22 heteroatoms. The van der Waals surface area contributed by atoms with Gasteiger partial charge in [-0.25, -0.2) is 14.4 Å². The molecule has 0 aliphatic carbocycles. The first-order valence-electron chi connectivity index (χ1n) is 22.2. The average molecular weight is 1010 g/mol. The van der Waals surface area contributed by atoms with Crippen LogP contribution in [0.4, 0.5) is 35.9 Å². The third-order valence-corrected chi connectivity index (χ3v) is 11.2. The molecule has 3 heterocycles. The summed E-state index contributed by atoms with van der Waals surface area (Å²) in [5, 5.41) is 0. The Kier molecular flexibility index (Phi) is 19.0. The maximum Gasteiger partial charge on any atom is 0.416 e. The highest BCUT2D eigenvalue weighted by molar-refractivity contribution is 6.27. The van der Waals surface area contributed by atoms with Gasteiger partial charge in [-0.15, -0.1) is 11.6 Å². The topological polar surface area (TPSA) is 172 Å². The van der Waals surface area contributed by atoms with Gasteiger partial charge < -0.3 is 44.4 Å². The molecule has 0 radical (unpaired) electrons. The number of amides is 5. The van der Waals surface area contributed by atoms with Crippen molar-refractivity contribution >= 4 is 47.5 Å². The van der Waals surface area contributed by atoms with E-state index in [0.717, 1.165) is 31.4 Å². The number of rotatable bonds is 8. The van der Waals surface area contributed by atoms with Gasteiger partial charge in [0, 0.05) is 38.6 Å². The van der Waals surface area contributed by atoms with Gasteiger partial charge in [0.2, 0.25) is 11.8 Å². The Hall–Kier alpha value is -5.31. The highest BCUT2D eigenvalue weighted by Crippen LogP contribution is 2.38. The monoisotopic (exact) mass is 1010 g/mol. The number of hydrogen-bond donors (Lipinski definition) is 1. The molecule has 0 saturated carbocycles. The van der Waals surface area contributed by atoms with E-state index in [1.807, 2.05) is 27.7 Å². The van der Waals surface area contributed by atoms with Crippen LogP contribution < -0.4 is 5.73 Å². The van der Waals surface area contributed by atoms with E-state index < -0.39 is 75.7 Å². The van der Waals surface area contributed by atoms with Crippen LogP contribution in [0.25, 0.3) is 0 Å². The van der Waals surface area contributed by atoms with Crippen molar-refractivity contribution in [3.05, 3.63) is 70.8 Å². The van der Waals surface area contributed by atoms with Crippen molar-refractivity contribution in [2.75, 3.05) is 45.7 Å². The quantitative estimate of drug-likeness (QED) is 0.119. The van der Waals surface area contributed by atoms with E-state index >= 15 is 0 Å². The predicted octanol–water partition coefficient (Wildman–Crippen LogP) is 7.84. The molecule has 5 rings (SSSR count). The van der Waals surface area contributed by atoms with Crippen LogP contribution in [-0.2, 0) is 58.8 Å². The Labute approximate surface area is 404 Å². The number of carbonyl (C=O) groups excluding carboxylic acids is 6. The van der Waals surface area contributed by atoms with Crippen LogP contribution in [-0.4, -0.2) is 140 Å². The zero-order chi connectivity index (χ0) is 52.7. The molecular weight excluding hydrogens is 942 g/mol. The summed E-state index contributed by atoms with van der Waals surface area (Å²) in [4.78, 5) is 84.3. The van der Waals surface area contributed by atoms with E-state index in [1.165, 1.54) is 48.8 Å². The molecule has 386 valence electrons. The van der Waals surface area contributed by atoms with Crippen molar-refractivity contribution in [3.63, 3.8) is 0 Å². The van der Waals surface area contributed by atoms with Crippen LogP contribution in [0.2, 0.25) is 0 Å². The van der Waals surface area contributed by atoms with E-state index in [0.29, 0.717) is 17.2 Å². The second kappa shape index (κ2) is 22.6. The molecule has 3 aliphatic rings. The molecule has 0 bridgehead atoms. The maximum absolute atomic E-state index is 13.6. The number of nitrogens with two attached hydrogens (primary N) is 1. The Balaban J connectivity index is 0.000000339. The standard InChI is InChI=1S/C23H30F3N3O4.C21H26ClF3N2O5.C3H9N/c1-15(2)28-13-18(30)29(12-16-6-8-17(9-7-16)23(24,25)26)22(19(28)31)10-11-27(14-22)20(32)33-21(3,4)5;1-19(2,3)32-18(30)26-10-9-20(13-26,17(29)31-4)27(16(28)11-22)12-14-5-7-15(8-6-14)21(23,24)25;1-3(2)4/h6-9,15H,10-14H2,1-5H3;5-8H,9-13H2,1-4H3;3H,4H2,1-2H3. The summed E-state index contributed by atoms with van der Waals surface area (Å²) in [6, 6.07) is 8.89. The fourth-order valence-corrected chi connectivity index (χ4v) is 7.87. The summed E-state index contributed by atoms with van der Waals surface area (Å²) >= 11 is 5.78. The predicted molar refractivity (Wildman–Crippen MR) is 243 cm³/mol. The number of esters is 1. The summed E-state index contributed by atoms with van der Waals surface area (Å²) in [5.74, 6) is -2.42. The fraction of sp³-hybridized carbons (Fsp3) is 0.617. The first-order chi connectivity index (χ1) is 31.6. The van der Waals surface area contributed by atoms with Gasteiger partial charge in [-0.3, -0.25) is 14.4 Å². The van der Waals surface area contributed by atoms with Crippen LogP contribution in [0.5, 0.6) is 0 Å².